The van der Waals surface area contributed by atoms with Crippen LogP contribution in [0.15, 0.2) is 0 Å². The van der Waals surface area contributed by atoms with Gasteiger partial charge in [-0.15, -0.1) is 0 Å². The maximum atomic E-state index is 10.4. The molecule has 0 aromatic carbocycles. The van der Waals surface area contributed by atoms with Gasteiger partial charge in [0.2, 0.25) is 0 Å². The van der Waals surface area contributed by atoms with E-state index in [4.69, 9.17) is 23.7 Å². The minimum Gasteiger partial charge on any atom is -0.394 e. The van der Waals surface area contributed by atoms with Crippen molar-refractivity contribution < 1.29 is 44.1 Å². The van der Waals surface area contributed by atoms with Crippen molar-refractivity contribution in [2.45, 2.75) is 120 Å². The third-order valence-electron chi connectivity index (χ3n) is 9.13. The Bertz CT molecular complexity index is 634. The summed E-state index contributed by atoms with van der Waals surface area (Å²) < 4.78 is 28.7. The number of methoxy groups -OCH3 is 3. The molecule has 11 unspecified atom stereocenters. The minimum absolute atomic E-state index is 0.136. The second-order valence-electron chi connectivity index (χ2n) is 11.5. The lowest BCUT2D eigenvalue weighted by molar-refractivity contribution is -0.320. The molecule has 0 aromatic heterocycles. The molecule has 0 aromatic rings. The zero-order valence-electron chi connectivity index (χ0n) is 22.7. The number of hydrogen-bond donors (Lipinski definition) is 4. The van der Waals surface area contributed by atoms with E-state index in [1.165, 1.54) is 12.8 Å². The van der Waals surface area contributed by atoms with Crippen molar-refractivity contribution in [3.05, 3.63) is 0 Å². The Morgan fingerprint density at radius 2 is 1.19 bits per heavy atom. The quantitative estimate of drug-likeness (QED) is 0.324. The van der Waals surface area contributed by atoms with Crippen molar-refractivity contribution in [3.8, 4) is 0 Å². The normalized spacial score (nSPS) is 43.8. The van der Waals surface area contributed by atoms with E-state index in [2.05, 4.69) is 13.8 Å². The second-order valence-corrected chi connectivity index (χ2v) is 11.5. The van der Waals surface area contributed by atoms with E-state index >= 15 is 0 Å². The Balaban J connectivity index is 1.53. The number of ether oxygens (including phenoxy) is 5. The van der Waals surface area contributed by atoms with Crippen LogP contribution in [-0.4, -0.2) is 103 Å². The molecule has 212 valence electrons. The molecule has 9 heteroatoms. The van der Waals surface area contributed by atoms with Gasteiger partial charge in [0.15, 0.2) is 6.29 Å². The van der Waals surface area contributed by atoms with Crippen molar-refractivity contribution >= 4 is 0 Å². The fourth-order valence-electron chi connectivity index (χ4n) is 6.59. The Morgan fingerprint density at radius 3 is 1.69 bits per heavy atom. The summed E-state index contributed by atoms with van der Waals surface area (Å²) in [4.78, 5) is 0. The Kier molecular flexibility index (Phi) is 11.9. The first-order valence-electron chi connectivity index (χ1n) is 13.8. The lowest BCUT2D eigenvalue weighted by Crippen LogP contribution is -2.60. The third kappa shape index (κ3) is 7.39. The molecule has 2 saturated carbocycles. The van der Waals surface area contributed by atoms with Crippen LogP contribution in [0.4, 0.5) is 0 Å². The number of rotatable bonds is 11. The van der Waals surface area contributed by atoms with Crippen LogP contribution in [0.25, 0.3) is 0 Å². The van der Waals surface area contributed by atoms with Gasteiger partial charge < -0.3 is 44.1 Å². The van der Waals surface area contributed by atoms with Gasteiger partial charge >= 0.3 is 0 Å². The second kappa shape index (κ2) is 14.1. The van der Waals surface area contributed by atoms with E-state index in [0.29, 0.717) is 23.7 Å². The van der Waals surface area contributed by atoms with Crippen molar-refractivity contribution in [2.24, 2.45) is 23.7 Å². The summed E-state index contributed by atoms with van der Waals surface area (Å²) in [5.74, 6) is 2.27. The summed E-state index contributed by atoms with van der Waals surface area (Å²) in [5, 5.41) is 40.1. The summed E-state index contributed by atoms with van der Waals surface area (Å²) in [6.07, 6.45) is 1.84. The first kappa shape index (κ1) is 30.2. The highest BCUT2D eigenvalue weighted by molar-refractivity contribution is 4.91. The molecule has 1 aliphatic heterocycles. The van der Waals surface area contributed by atoms with E-state index in [0.717, 1.165) is 38.5 Å². The molecule has 0 bridgehead atoms. The molecule has 36 heavy (non-hydrogen) atoms. The van der Waals surface area contributed by atoms with Crippen LogP contribution >= 0.6 is 0 Å². The fraction of sp³-hybridized carbons (Fsp3) is 1.00. The van der Waals surface area contributed by atoms with E-state index in [-0.39, 0.29) is 24.4 Å². The average molecular weight is 519 g/mol. The zero-order valence-corrected chi connectivity index (χ0v) is 22.7. The lowest BCUT2D eigenvalue weighted by Gasteiger charge is -2.43. The van der Waals surface area contributed by atoms with Crippen LogP contribution in [0.5, 0.6) is 0 Å². The molecule has 0 spiro atoms. The smallest absolute Gasteiger partial charge is 0.187 e. The minimum atomic E-state index is -1.45. The molecule has 3 fully saturated rings. The van der Waals surface area contributed by atoms with Gasteiger partial charge in [0.05, 0.1) is 31.0 Å². The number of aliphatic hydroxyl groups excluding tert-OH is 4. The predicted octanol–water partition coefficient (Wildman–Crippen LogP) is 1.87. The van der Waals surface area contributed by atoms with Crippen LogP contribution in [-0.2, 0) is 23.7 Å². The monoisotopic (exact) mass is 518 g/mol. The fourth-order valence-corrected chi connectivity index (χ4v) is 6.59. The molecule has 13 atom stereocenters. The van der Waals surface area contributed by atoms with Crippen LogP contribution in [0.3, 0.4) is 0 Å². The Labute approximate surface area is 216 Å². The van der Waals surface area contributed by atoms with Crippen molar-refractivity contribution in [2.75, 3.05) is 27.9 Å². The molecule has 3 rings (SSSR count). The van der Waals surface area contributed by atoms with Crippen LogP contribution in [0.1, 0.15) is 65.2 Å². The van der Waals surface area contributed by atoms with Gasteiger partial charge in [-0.25, -0.2) is 0 Å². The highest BCUT2D eigenvalue weighted by atomic mass is 16.7. The van der Waals surface area contributed by atoms with Gasteiger partial charge in [-0.05, 0) is 75.0 Å². The summed E-state index contributed by atoms with van der Waals surface area (Å²) >= 11 is 0. The van der Waals surface area contributed by atoms with Gasteiger partial charge in [0, 0.05) is 21.3 Å². The SMILES string of the molecule is COC1CCC(C[C@H](C)[C@H](C)CC2CCC(OC)C(OC3OC(CO)C(O)C(O)C3O)C2)CC1OC. The standard InChI is InChI=1S/C27H50O9/c1-15(10-17-6-8-19(32-3)21(12-17)34-5)16(2)11-18-7-9-20(33-4)22(13-18)35-27-26(31)25(30)24(29)23(14-28)36-27/h15-31H,6-14H2,1-5H3/t15-,16+,17?,18?,19?,20?,21?,22?,23?,24?,25?,26?,27?/m0/s1. The largest absolute Gasteiger partial charge is 0.394 e. The molecule has 1 saturated heterocycles. The average Bonchev–Trinajstić information content (AvgIpc) is 2.88. The lowest BCUT2D eigenvalue weighted by atomic mass is 9.73. The first-order chi connectivity index (χ1) is 17.2. The van der Waals surface area contributed by atoms with E-state index < -0.39 is 37.3 Å². The van der Waals surface area contributed by atoms with Crippen LogP contribution < -0.4 is 0 Å². The predicted molar refractivity (Wildman–Crippen MR) is 133 cm³/mol. The molecule has 2 aliphatic carbocycles. The Hall–Kier alpha value is -0.360. The molecule has 4 N–H and O–H groups in total. The maximum absolute atomic E-state index is 10.4. The Morgan fingerprint density at radius 1 is 0.694 bits per heavy atom. The highest BCUT2D eigenvalue weighted by Crippen LogP contribution is 2.39. The summed E-state index contributed by atoms with van der Waals surface area (Å²) in [5.41, 5.74) is 0. The van der Waals surface area contributed by atoms with E-state index in [1.807, 2.05) is 0 Å². The topological polar surface area (TPSA) is 127 Å². The summed E-state index contributed by atoms with van der Waals surface area (Å²) in [7, 11) is 5.21. The third-order valence-corrected chi connectivity index (χ3v) is 9.13. The molecule has 9 nitrogen and oxygen atoms in total. The molecular formula is C27H50O9. The van der Waals surface area contributed by atoms with Crippen molar-refractivity contribution in [1.29, 1.82) is 0 Å². The zero-order chi connectivity index (χ0) is 26.4. The van der Waals surface area contributed by atoms with E-state index in [9.17, 15) is 20.4 Å². The van der Waals surface area contributed by atoms with Gasteiger partial charge in [-0.2, -0.15) is 0 Å². The number of aliphatic hydroxyl groups is 4. The van der Waals surface area contributed by atoms with Gasteiger partial charge in [0.1, 0.15) is 24.4 Å². The molecule has 1 heterocycles. The van der Waals surface area contributed by atoms with Gasteiger partial charge in [-0.1, -0.05) is 13.8 Å². The molecule has 3 aliphatic rings. The molecule has 0 amide bonds. The maximum Gasteiger partial charge on any atom is 0.187 e. The highest BCUT2D eigenvalue weighted by Gasteiger charge is 2.46. The van der Waals surface area contributed by atoms with Crippen molar-refractivity contribution in [3.63, 3.8) is 0 Å². The van der Waals surface area contributed by atoms with E-state index in [1.54, 1.807) is 21.3 Å². The molecule has 0 radical (unpaired) electrons. The number of hydrogen-bond acceptors (Lipinski definition) is 9. The first-order valence-corrected chi connectivity index (χ1v) is 13.8. The van der Waals surface area contributed by atoms with Crippen LogP contribution in [0, 0.1) is 23.7 Å². The molecular weight excluding hydrogens is 468 g/mol. The van der Waals surface area contributed by atoms with Gasteiger partial charge in [-0.3, -0.25) is 0 Å². The van der Waals surface area contributed by atoms with Gasteiger partial charge in [0.25, 0.3) is 0 Å². The van der Waals surface area contributed by atoms with Crippen molar-refractivity contribution in [1.82, 2.24) is 0 Å². The summed E-state index contributed by atoms with van der Waals surface area (Å²) in [6, 6.07) is 0. The van der Waals surface area contributed by atoms with Crippen LogP contribution in [0.2, 0.25) is 0 Å². The summed E-state index contributed by atoms with van der Waals surface area (Å²) in [6.45, 7) is 4.23.